The summed E-state index contributed by atoms with van der Waals surface area (Å²) >= 11 is 1.17. The van der Waals surface area contributed by atoms with E-state index in [-0.39, 0.29) is 11.6 Å². The molecule has 2 aromatic heterocycles. The number of anilines is 1. The smallest absolute Gasteiger partial charge is 0.338 e. The number of carboxylic acids is 1. The second-order valence-corrected chi connectivity index (χ2v) is 5.17. The van der Waals surface area contributed by atoms with Gasteiger partial charge in [-0.2, -0.15) is 0 Å². The molecule has 2 aromatic rings. The highest BCUT2D eigenvalue weighted by atomic mass is 32.1. The molecular weight excluding hydrogens is 280 g/mol. The molecule has 0 aliphatic heterocycles. The number of aromatic carboxylic acids is 1. The first-order valence-corrected chi connectivity index (χ1v) is 6.85. The third-order valence-corrected chi connectivity index (χ3v) is 3.42. The Hall–Kier alpha value is -2.28. The molecule has 106 valence electrons. The van der Waals surface area contributed by atoms with Gasteiger partial charge in [-0.1, -0.05) is 0 Å². The van der Waals surface area contributed by atoms with E-state index in [1.165, 1.54) is 17.4 Å². The van der Waals surface area contributed by atoms with Gasteiger partial charge in [0.2, 0.25) is 0 Å². The van der Waals surface area contributed by atoms with Gasteiger partial charge in [-0.15, -0.1) is 11.3 Å². The molecule has 0 saturated carbocycles. The van der Waals surface area contributed by atoms with Crippen molar-refractivity contribution in [1.29, 1.82) is 0 Å². The van der Waals surface area contributed by atoms with Gasteiger partial charge in [-0.3, -0.25) is 5.32 Å². The largest absolute Gasteiger partial charge is 0.478 e. The van der Waals surface area contributed by atoms with Crippen LogP contribution in [0.25, 0.3) is 0 Å². The highest BCUT2D eigenvalue weighted by Gasteiger charge is 2.15. The average Bonchev–Trinajstić information content (AvgIpc) is 2.99. The summed E-state index contributed by atoms with van der Waals surface area (Å²) in [4.78, 5) is 22.7. The molecule has 0 aliphatic carbocycles. The fourth-order valence-electron chi connectivity index (χ4n) is 1.72. The second kappa shape index (κ2) is 6.25. The molecule has 20 heavy (non-hydrogen) atoms. The van der Waals surface area contributed by atoms with E-state index in [0.29, 0.717) is 11.4 Å². The van der Waals surface area contributed by atoms with Crippen LogP contribution in [-0.4, -0.2) is 23.1 Å². The molecule has 0 aromatic carbocycles. The summed E-state index contributed by atoms with van der Waals surface area (Å²) < 4.78 is 5.19. The van der Waals surface area contributed by atoms with E-state index in [4.69, 9.17) is 9.52 Å². The van der Waals surface area contributed by atoms with Crippen molar-refractivity contribution in [2.45, 2.75) is 19.4 Å². The number of amides is 2. The SMILES string of the molecule is CC(Cc1ccco1)NC(=O)Nc1sccc1C(=O)O. The van der Waals surface area contributed by atoms with Crippen LogP contribution in [-0.2, 0) is 6.42 Å². The third-order valence-electron chi connectivity index (χ3n) is 2.59. The van der Waals surface area contributed by atoms with E-state index < -0.39 is 12.0 Å². The molecule has 2 heterocycles. The highest BCUT2D eigenvalue weighted by molar-refractivity contribution is 7.14. The first-order chi connectivity index (χ1) is 9.56. The molecule has 0 spiro atoms. The molecule has 3 N–H and O–H groups in total. The van der Waals surface area contributed by atoms with Crippen LogP contribution in [0.2, 0.25) is 0 Å². The quantitative estimate of drug-likeness (QED) is 0.790. The molecule has 1 atom stereocenters. The summed E-state index contributed by atoms with van der Waals surface area (Å²) in [5, 5.41) is 16.1. The first kappa shape index (κ1) is 14.1. The van der Waals surface area contributed by atoms with Gasteiger partial charge in [-0.25, -0.2) is 9.59 Å². The molecule has 6 nitrogen and oxygen atoms in total. The number of rotatable bonds is 5. The molecule has 0 radical (unpaired) electrons. The molecule has 2 rings (SSSR count). The van der Waals surface area contributed by atoms with Crippen molar-refractivity contribution in [3.63, 3.8) is 0 Å². The van der Waals surface area contributed by atoms with E-state index in [2.05, 4.69) is 10.6 Å². The maximum absolute atomic E-state index is 11.8. The topological polar surface area (TPSA) is 91.6 Å². The summed E-state index contributed by atoms with van der Waals surface area (Å²) in [6, 6.07) is 4.50. The van der Waals surface area contributed by atoms with Crippen LogP contribution in [0, 0.1) is 0 Å². The van der Waals surface area contributed by atoms with Gasteiger partial charge in [0.05, 0.1) is 11.8 Å². The predicted octanol–water partition coefficient (Wildman–Crippen LogP) is 2.79. The van der Waals surface area contributed by atoms with Crippen molar-refractivity contribution in [3.05, 3.63) is 41.2 Å². The van der Waals surface area contributed by atoms with Crippen molar-refractivity contribution in [1.82, 2.24) is 5.32 Å². The Morgan fingerprint density at radius 1 is 1.45 bits per heavy atom. The zero-order chi connectivity index (χ0) is 14.5. The number of carboxylic acid groups (broad SMARTS) is 1. The Morgan fingerprint density at radius 2 is 2.25 bits per heavy atom. The summed E-state index contributed by atoms with van der Waals surface area (Å²) in [6.07, 6.45) is 2.14. The van der Waals surface area contributed by atoms with Crippen molar-refractivity contribution in [2.75, 3.05) is 5.32 Å². The number of hydrogen-bond donors (Lipinski definition) is 3. The lowest BCUT2D eigenvalue weighted by atomic mass is 10.2. The van der Waals surface area contributed by atoms with Crippen LogP contribution in [0.5, 0.6) is 0 Å². The zero-order valence-electron chi connectivity index (χ0n) is 10.8. The summed E-state index contributed by atoms with van der Waals surface area (Å²) in [7, 11) is 0. The highest BCUT2D eigenvalue weighted by Crippen LogP contribution is 2.22. The van der Waals surface area contributed by atoms with E-state index in [9.17, 15) is 9.59 Å². The standard InChI is InChI=1S/C13H14N2O4S/c1-8(7-9-3-2-5-19-9)14-13(18)15-11-10(12(16)17)4-6-20-11/h2-6,8H,7H2,1H3,(H,16,17)(H2,14,15,18). The van der Waals surface area contributed by atoms with Crippen LogP contribution in [0.15, 0.2) is 34.3 Å². The van der Waals surface area contributed by atoms with Crippen LogP contribution in [0.1, 0.15) is 23.0 Å². The van der Waals surface area contributed by atoms with Crippen molar-refractivity contribution in [2.24, 2.45) is 0 Å². The van der Waals surface area contributed by atoms with Gasteiger partial charge in [0, 0.05) is 12.5 Å². The minimum atomic E-state index is -1.06. The van der Waals surface area contributed by atoms with E-state index >= 15 is 0 Å². The van der Waals surface area contributed by atoms with Crippen LogP contribution < -0.4 is 10.6 Å². The summed E-state index contributed by atoms with van der Waals surface area (Å²) in [6.45, 7) is 1.84. The Balaban J connectivity index is 1.89. The first-order valence-electron chi connectivity index (χ1n) is 5.97. The monoisotopic (exact) mass is 294 g/mol. The molecule has 2 amide bonds. The number of thiophene rings is 1. The fraction of sp³-hybridized carbons (Fsp3) is 0.231. The van der Waals surface area contributed by atoms with Gasteiger partial charge < -0.3 is 14.8 Å². The Labute approximate surface area is 119 Å². The van der Waals surface area contributed by atoms with Crippen LogP contribution >= 0.6 is 11.3 Å². The van der Waals surface area contributed by atoms with Crippen molar-refractivity contribution >= 4 is 28.3 Å². The van der Waals surface area contributed by atoms with Gasteiger partial charge in [0.25, 0.3) is 0 Å². The third kappa shape index (κ3) is 3.61. The maximum atomic E-state index is 11.8. The number of carbonyl (C=O) groups excluding carboxylic acids is 1. The number of urea groups is 1. The van der Waals surface area contributed by atoms with Gasteiger partial charge in [-0.05, 0) is 30.5 Å². The zero-order valence-corrected chi connectivity index (χ0v) is 11.6. The van der Waals surface area contributed by atoms with E-state index in [1.807, 2.05) is 13.0 Å². The molecule has 7 heteroatoms. The molecule has 1 unspecified atom stereocenters. The number of furan rings is 1. The van der Waals surface area contributed by atoms with E-state index in [1.54, 1.807) is 17.7 Å². The van der Waals surface area contributed by atoms with Crippen molar-refractivity contribution in [3.8, 4) is 0 Å². The normalized spacial score (nSPS) is 11.8. The van der Waals surface area contributed by atoms with Gasteiger partial charge in [0.1, 0.15) is 10.8 Å². The molecular formula is C13H14N2O4S. The lowest BCUT2D eigenvalue weighted by Gasteiger charge is -2.13. The molecule has 0 saturated heterocycles. The number of carbonyl (C=O) groups is 2. The predicted molar refractivity (Wildman–Crippen MR) is 75.3 cm³/mol. The molecule has 0 bridgehead atoms. The summed E-state index contributed by atoms with van der Waals surface area (Å²) in [5.41, 5.74) is 0.0869. The van der Waals surface area contributed by atoms with Crippen molar-refractivity contribution < 1.29 is 19.1 Å². The Kier molecular flexibility index (Phi) is 4.41. The Bertz CT molecular complexity index is 591. The number of hydrogen-bond acceptors (Lipinski definition) is 4. The number of nitrogens with one attached hydrogen (secondary N) is 2. The fourth-order valence-corrected chi connectivity index (χ4v) is 2.49. The maximum Gasteiger partial charge on any atom is 0.338 e. The molecule has 0 fully saturated rings. The van der Waals surface area contributed by atoms with Crippen LogP contribution in [0.4, 0.5) is 9.80 Å². The van der Waals surface area contributed by atoms with E-state index in [0.717, 1.165) is 5.76 Å². The Morgan fingerprint density at radius 3 is 2.90 bits per heavy atom. The van der Waals surface area contributed by atoms with Gasteiger partial charge >= 0.3 is 12.0 Å². The van der Waals surface area contributed by atoms with Crippen LogP contribution in [0.3, 0.4) is 0 Å². The summed E-state index contributed by atoms with van der Waals surface area (Å²) in [5.74, 6) is -0.287. The molecule has 0 aliphatic rings. The second-order valence-electron chi connectivity index (χ2n) is 4.25. The lowest BCUT2D eigenvalue weighted by molar-refractivity contribution is 0.0698. The lowest BCUT2D eigenvalue weighted by Crippen LogP contribution is -2.37. The minimum absolute atomic E-state index is 0.0869. The van der Waals surface area contributed by atoms with Gasteiger partial charge in [0.15, 0.2) is 0 Å². The minimum Gasteiger partial charge on any atom is -0.478 e. The average molecular weight is 294 g/mol.